The van der Waals surface area contributed by atoms with Gasteiger partial charge in [0.15, 0.2) is 6.29 Å². The fourth-order valence-electron chi connectivity index (χ4n) is 1.53. The summed E-state index contributed by atoms with van der Waals surface area (Å²) in [4.78, 5) is 0. The van der Waals surface area contributed by atoms with Crippen LogP contribution in [0.25, 0.3) is 0 Å². The number of hydrogen-bond acceptors (Lipinski definition) is 3. The molecule has 0 radical (unpaired) electrons. The Morgan fingerprint density at radius 3 is 2.50 bits per heavy atom. The monoisotopic (exact) mass is 335 g/mol. The van der Waals surface area contributed by atoms with E-state index in [-0.39, 0.29) is 6.29 Å². The smallest absolute Gasteiger partial charge is 0.159 e. The van der Waals surface area contributed by atoms with Crippen LogP contribution in [0.2, 0.25) is 5.02 Å². The van der Waals surface area contributed by atoms with E-state index in [0.717, 1.165) is 23.1 Å². The molecule has 5 heteroatoms. The van der Waals surface area contributed by atoms with E-state index in [4.69, 9.17) is 21.1 Å². The molecule has 3 nitrogen and oxygen atoms in total. The van der Waals surface area contributed by atoms with Crippen molar-refractivity contribution in [1.29, 1.82) is 0 Å². The summed E-state index contributed by atoms with van der Waals surface area (Å²) >= 11 is 9.33. The van der Waals surface area contributed by atoms with E-state index >= 15 is 0 Å². The Balaban J connectivity index is 2.37. The van der Waals surface area contributed by atoms with Crippen LogP contribution >= 0.6 is 27.5 Å². The minimum Gasteiger partial charge on any atom is -0.385 e. The predicted octanol–water partition coefficient (Wildman–Crippen LogP) is 4.30. The predicted molar refractivity (Wildman–Crippen MR) is 79.3 cm³/mol. The first-order chi connectivity index (χ1) is 8.67. The van der Waals surface area contributed by atoms with Gasteiger partial charge < -0.3 is 14.8 Å². The number of ether oxygens (including phenoxy) is 2. The van der Waals surface area contributed by atoms with Crippen molar-refractivity contribution < 1.29 is 9.47 Å². The van der Waals surface area contributed by atoms with Crippen molar-refractivity contribution in [3.63, 3.8) is 0 Å². The van der Waals surface area contributed by atoms with Gasteiger partial charge in [-0.05, 0) is 48.0 Å². The largest absolute Gasteiger partial charge is 0.385 e. The molecule has 0 atom stereocenters. The van der Waals surface area contributed by atoms with Gasteiger partial charge in [0.25, 0.3) is 0 Å². The molecular weight excluding hydrogens is 318 g/mol. The van der Waals surface area contributed by atoms with Crippen molar-refractivity contribution in [2.45, 2.75) is 26.6 Å². The molecule has 1 N–H and O–H groups in total. The fourth-order valence-corrected chi connectivity index (χ4v) is 2.02. The first-order valence-electron chi connectivity index (χ1n) is 6.09. The molecule has 0 bridgehead atoms. The van der Waals surface area contributed by atoms with Gasteiger partial charge in [0.1, 0.15) is 0 Å². The molecule has 1 rings (SSSR count). The van der Waals surface area contributed by atoms with Crippen molar-refractivity contribution in [2.75, 3.05) is 25.1 Å². The molecule has 0 saturated heterocycles. The summed E-state index contributed by atoms with van der Waals surface area (Å²) in [5.41, 5.74) is 1.03. The third kappa shape index (κ3) is 5.57. The Hall–Kier alpha value is -0.290. The molecule has 102 valence electrons. The molecule has 0 saturated carbocycles. The number of halogens is 2. The van der Waals surface area contributed by atoms with Crippen molar-refractivity contribution in [3.8, 4) is 0 Å². The Morgan fingerprint density at radius 2 is 1.94 bits per heavy atom. The highest BCUT2D eigenvalue weighted by atomic mass is 79.9. The minimum absolute atomic E-state index is 0.136. The summed E-state index contributed by atoms with van der Waals surface area (Å²) in [6.07, 6.45) is 0.672. The van der Waals surface area contributed by atoms with Crippen molar-refractivity contribution in [2.24, 2.45) is 0 Å². The molecule has 0 aliphatic rings. The van der Waals surface area contributed by atoms with Gasteiger partial charge in [0, 0.05) is 36.3 Å². The lowest BCUT2D eigenvalue weighted by Crippen LogP contribution is -2.21. The molecule has 1 aromatic carbocycles. The third-order valence-corrected chi connectivity index (χ3v) is 3.55. The van der Waals surface area contributed by atoms with Gasteiger partial charge in [0.2, 0.25) is 0 Å². The van der Waals surface area contributed by atoms with Gasteiger partial charge in [-0.3, -0.25) is 0 Å². The van der Waals surface area contributed by atoms with E-state index in [1.54, 1.807) is 0 Å². The maximum atomic E-state index is 5.93. The van der Waals surface area contributed by atoms with Crippen LogP contribution in [0.1, 0.15) is 20.3 Å². The number of anilines is 1. The second-order valence-corrected chi connectivity index (χ2v) is 4.95. The van der Waals surface area contributed by atoms with E-state index in [2.05, 4.69) is 21.2 Å². The Bertz CT molecular complexity index is 357. The highest BCUT2D eigenvalue weighted by Crippen LogP contribution is 2.25. The zero-order valence-electron chi connectivity index (χ0n) is 10.7. The van der Waals surface area contributed by atoms with Gasteiger partial charge in [-0.25, -0.2) is 0 Å². The van der Waals surface area contributed by atoms with E-state index in [1.165, 1.54) is 0 Å². The number of rotatable bonds is 8. The molecule has 0 amide bonds. The first-order valence-corrected chi connectivity index (χ1v) is 7.26. The number of hydrogen-bond donors (Lipinski definition) is 1. The minimum atomic E-state index is -0.136. The van der Waals surface area contributed by atoms with E-state index in [9.17, 15) is 0 Å². The van der Waals surface area contributed by atoms with Crippen LogP contribution in [0, 0.1) is 0 Å². The normalized spacial score (nSPS) is 10.9. The molecule has 0 aliphatic carbocycles. The Morgan fingerprint density at radius 1 is 1.28 bits per heavy atom. The molecule has 18 heavy (non-hydrogen) atoms. The van der Waals surface area contributed by atoms with Gasteiger partial charge >= 0.3 is 0 Å². The standard InChI is InChI=1S/C13H19BrClNO2/c1-3-17-13(18-4-2)7-8-16-10-5-6-12(15)11(14)9-10/h5-6,9,13,16H,3-4,7-8H2,1-2H3. The summed E-state index contributed by atoms with van der Waals surface area (Å²) in [6.45, 7) is 6.05. The summed E-state index contributed by atoms with van der Waals surface area (Å²) < 4.78 is 11.8. The highest BCUT2D eigenvalue weighted by molar-refractivity contribution is 9.10. The summed E-state index contributed by atoms with van der Waals surface area (Å²) in [5.74, 6) is 0. The van der Waals surface area contributed by atoms with Crippen LogP contribution in [-0.4, -0.2) is 26.0 Å². The first kappa shape index (κ1) is 15.8. The summed E-state index contributed by atoms with van der Waals surface area (Å²) in [7, 11) is 0. The van der Waals surface area contributed by atoms with Crippen LogP contribution < -0.4 is 5.32 Å². The Labute approximate surface area is 122 Å². The molecule has 0 fully saturated rings. The van der Waals surface area contributed by atoms with Crippen LogP contribution in [-0.2, 0) is 9.47 Å². The maximum Gasteiger partial charge on any atom is 0.159 e. The summed E-state index contributed by atoms with van der Waals surface area (Å²) in [5, 5.41) is 4.02. The Kier molecular flexibility index (Phi) is 7.66. The second-order valence-electron chi connectivity index (χ2n) is 3.68. The average Bonchev–Trinajstić information content (AvgIpc) is 2.34. The molecule has 0 aromatic heterocycles. The molecule has 0 spiro atoms. The zero-order chi connectivity index (χ0) is 13.4. The molecule has 0 heterocycles. The molecule has 0 unspecified atom stereocenters. The number of benzene rings is 1. The van der Waals surface area contributed by atoms with Crippen LogP contribution in [0.3, 0.4) is 0 Å². The zero-order valence-corrected chi connectivity index (χ0v) is 13.1. The lowest BCUT2D eigenvalue weighted by molar-refractivity contribution is -0.137. The van der Waals surface area contributed by atoms with Crippen LogP contribution in [0.5, 0.6) is 0 Å². The lowest BCUT2D eigenvalue weighted by Gasteiger charge is -2.17. The lowest BCUT2D eigenvalue weighted by atomic mass is 10.3. The SMILES string of the molecule is CCOC(CCNc1ccc(Cl)c(Br)c1)OCC. The topological polar surface area (TPSA) is 30.5 Å². The fraction of sp³-hybridized carbons (Fsp3) is 0.538. The maximum absolute atomic E-state index is 5.93. The van der Waals surface area contributed by atoms with Crippen molar-refractivity contribution in [3.05, 3.63) is 27.7 Å². The highest BCUT2D eigenvalue weighted by Gasteiger charge is 2.07. The molecule has 0 aliphatic heterocycles. The van der Waals surface area contributed by atoms with Gasteiger partial charge in [-0.15, -0.1) is 0 Å². The average molecular weight is 337 g/mol. The molecule has 1 aromatic rings. The molecular formula is C13H19BrClNO2. The van der Waals surface area contributed by atoms with Crippen LogP contribution in [0.15, 0.2) is 22.7 Å². The van der Waals surface area contributed by atoms with E-state index < -0.39 is 0 Å². The van der Waals surface area contributed by atoms with Crippen molar-refractivity contribution >= 4 is 33.2 Å². The number of nitrogens with one attached hydrogen (secondary N) is 1. The van der Waals surface area contributed by atoms with E-state index in [0.29, 0.717) is 18.2 Å². The van der Waals surface area contributed by atoms with Crippen molar-refractivity contribution in [1.82, 2.24) is 0 Å². The van der Waals surface area contributed by atoms with Crippen LogP contribution in [0.4, 0.5) is 5.69 Å². The van der Waals surface area contributed by atoms with Gasteiger partial charge in [-0.1, -0.05) is 11.6 Å². The summed E-state index contributed by atoms with van der Waals surface area (Å²) in [6, 6.07) is 5.76. The quantitative estimate of drug-likeness (QED) is 0.718. The van der Waals surface area contributed by atoms with Gasteiger partial charge in [-0.2, -0.15) is 0 Å². The van der Waals surface area contributed by atoms with Gasteiger partial charge in [0.05, 0.1) is 5.02 Å². The van der Waals surface area contributed by atoms with E-state index in [1.807, 2.05) is 32.0 Å². The third-order valence-electron chi connectivity index (χ3n) is 2.33. The second kappa shape index (κ2) is 8.75.